The summed E-state index contributed by atoms with van der Waals surface area (Å²) < 4.78 is 6.54. The monoisotopic (exact) mass is 321 g/mol. The highest BCUT2D eigenvalue weighted by molar-refractivity contribution is 7.99. The van der Waals surface area contributed by atoms with E-state index in [1.54, 1.807) is 10.6 Å². The average molecular weight is 321 g/mol. The third-order valence-corrected chi connectivity index (χ3v) is 5.04. The summed E-state index contributed by atoms with van der Waals surface area (Å²) >= 11 is 1.87. The van der Waals surface area contributed by atoms with E-state index in [0.717, 1.165) is 29.3 Å². The lowest BCUT2D eigenvalue weighted by molar-refractivity contribution is 0.0593. The number of methoxy groups -OCH3 is 1. The number of hydrogen-bond donors (Lipinski definition) is 1. The maximum absolute atomic E-state index is 11.8. The molecule has 0 aliphatic carbocycles. The molecular weight excluding hydrogens is 302 g/mol. The van der Waals surface area contributed by atoms with Gasteiger partial charge >= 0.3 is 5.97 Å². The predicted octanol–water partition coefficient (Wildman–Crippen LogP) is 1.03. The third kappa shape index (κ3) is 2.84. The number of thioether (sulfide) groups is 1. The molecule has 0 amide bonds. The van der Waals surface area contributed by atoms with Gasteiger partial charge in [-0.3, -0.25) is 9.30 Å². The van der Waals surface area contributed by atoms with Crippen molar-refractivity contribution in [2.45, 2.75) is 12.6 Å². The van der Waals surface area contributed by atoms with Crippen LogP contribution in [0.1, 0.15) is 16.1 Å². The van der Waals surface area contributed by atoms with Gasteiger partial charge in [0.2, 0.25) is 0 Å². The Hall–Kier alpha value is -1.57. The SMILES string of the molecule is COC(=O)c1cnc2c(CN3CCSCC3CO)cccn12. The van der Waals surface area contributed by atoms with E-state index in [0.29, 0.717) is 12.2 Å². The summed E-state index contributed by atoms with van der Waals surface area (Å²) in [5, 5.41) is 9.52. The summed E-state index contributed by atoms with van der Waals surface area (Å²) in [6.45, 7) is 1.83. The third-order valence-electron chi connectivity index (χ3n) is 3.94. The largest absolute Gasteiger partial charge is 0.464 e. The molecule has 6 nitrogen and oxygen atoms in total. The van der Waals surface area contributed by atoms with Crippen LogP contribution in [0.5, 0.6) is 0 Å². The number of nitrogens with zero attached hydrogens (tertiary/aromatic N) is 3. The number of fused-ring (bicyclic) bond motifs is 1. The Morgan fingerprint density at radius 3 is 3.23 bits per heavy atom. The van der Waals surface area contributed by atoms with Crippen LogP contribution < -0.4 is 0 Å². The maximum atomic E-state index is 11.8. The molecule has 2 aromatic rings. The van der Waals surface area contributed by atoms with Crippen molar-refractivity contribution in [1.29, 1.82) is 0 Å². The molecule has 1 N–H and O–H groups in total. The van der Waals surface area contributed by atoms with Crippen LogP contribution in [0, 0.1) is 0 Å². The Morgan fingerprint density at radius 2 is 2.45 bits per heavy atom. The van der Waals surface area contributed by atoms with Crippen molar-refractivity contribution in [3.63, 3.8) is 0 Å². The smallest absolute Gasteiger partial charge is 0.356 e. The number of aliphatic hydroxyl groups is 1. The number of hydrogen-bond acceptors (Lipinski definition) is 6. The van der Waals surface area contributed by atoms with Gasteiger partial charge in [-0.2, -0.15) is 11.8 Å². The second-order valence-electron chi connectivity index (χ2n) is 5.24. The van der Waals surface area contributed by atoms with Crippen molar-refractivity contribution in [2.24, 2.45) is 0 Å². The van der Waals surface area contributed by atoms with Crippen LogP contribution >= 0.6 is 11.8 Å². The number of carbonyl (C=O) groups excluding carboxylic acids is 1. The highest BCUT2D eigenvalue weighted by Crippen LogP contribution is 2.21. The van der Waals surface area contributed by atoms with Gasteiger partial charge in [-0.1, -0.05) is 6.07 Å². The summed E-state index contributed by atoms with van der Waals surface area (Å²) in [5.41, 5.74) is 2.23. The minimum atomic E-state index is -0.396. The number of imidazole rings is 1. The molecule has 1 atom stereocenters. The quantitative estimate of drug-likeness (QED) is 0.849. The fraction of sp³-hybridized carbons (Fsp3) is 0.467. The first-order valence-electron chi connectivity index (χ1n) is 7.20. The lowest BCUT2D eigenvalue weighted by Crippen LogP contribution is -2.44. The number of pyridine rings is 1. The first kappa shape index (κ1) is 15.3. The second kappa shape index (κ2) is 6.68. The molecule has 1 aliphatic rings. The molecule has 7 heteroatoms. The minimum Gasteiger partial charge on any atom is -0.464 e. The molecular formula is C15H19N3O3S. The van der Waals surface area contributed by atoms with Crippen LogP contribution in [-0.4, -0.2) is 63.2 Å². The molecule has 118 valence electrons. The molecule has 2 aromatic heterocycles. The maximum Gasteiger partial charge on any atom is 0.356 e. The van der Waals surface area contributed by atoms with E-state index >= 15 is 0 Å². The number of aliphatic hydroxyl groups excluding tert-OH is 1. The van der Waals surface area contributed by atoms with Gasteiger partial charge in [0, 0.05) is 42.4 Å². The molecule has 1 aliphatic heterocycles. The van der Waals surface area contributed by atoms with E-state index < -0.39 is 5.97 Å². The Labute approximate surface area is 133 Å². The average Bonchev–Trinajstić information content (AvgIpc) is 3.00. The molecule has 1 saturated heterocycles. The summed E-state index contributed by atoms with van der Waals surface area (Å²) in [5.74, 6) is 1.62. The molecule has 3 heterocycles. The lowest BCUT2D eigenvalue weighted by Gasteiger charge is -2.34. The Balaban J connectivity index is 1.91. The normalized spacial score (nSPS) is 19.5. The molecule has 0 bridgehead atoms. The van der Waals surface area contributed by atoms with E-state index in [-0.39, 0.29) is 12.6 Å². The van der Waals surface area contributed by atoms with Gasteiger partial charge in [0.15, 0.2) is 5.69 Å². The zero-order valence-corrected chi connectivity index (χ0v) is 13.3. The zero-order valence-electron chi connectivity index (χ0n) is 12.4. The molecule has 0 radical (unpaired) electrons. The van der Waals surface area contributed by atoms with Crippen LogP contribution in [0.2, 0.25) is 0 Å². The number of aromatic nitrogens is 2. The summed E-state index contributed by atoms with van der Waals surface area (Å²) in [6.07, 6.45) is 3.36. The number of rotatable bonds is 4. The fourth-order valence-corrected chi connectivity index (χ4v) is 3.85. The second-order valence-corrected chi connectivity index (χ2v) is 6.39. The van der Waals surface area contributed by atoms with Crippen LogP contribution in [0.4, 0.5) is 0 Å². The minimum absolute atomic E-state index is 0.165. The van der Waals surface area contributed by atoms with Crippen LogP contribution in [0.15, 0.2) is 24.5 Å². The van der Waals surface area contributed by atoms with Crippen LogP contribution in [-0.2, 0) is 11.3 Å². The van der Waals surface area contributed by atoms with Gasteiger partial charge < -0.3 is 9.84 Å². The van der Waals surface area contributed by atoms with Crippen molar-refractivity contribution in [2.75, 3.05) is 31.8 Å². The summed E-state index contributed by atoms with van der Waals surface area (Å²) in [6, 6.07) is 4.09. The first-order chi connectivity index (χ1) is 10.7. The molecule has 0 saturated carbocycles. The van der Waals surface area contributed by atoms with Crippen LogP contribution in [0.3, 0.4) is 0 Å². The fourth-order valence-electron chi connectivity index (χ4n) is 2.73. The van der Waals surface area contributed by atoms with Crippen molar-refractivity contribution in [1.82, 2.24) is 14.3 Å². The molecule has 0 spiro atoms. The topological polar surface area (TPSA) is 67.1 Å². The zero-order chi connectivity index (χ0) is 15.5. The van der Waals surface area contributed by atoms with E-state index in [2.05, 4.69) is 9.88 Å². The predicted molar refractivity (Wildman–Crippen MR) is 85.1 cm³/mol. The molecule has 22 heavy (non-hydrogen) atoms. The first-order valence-corrected chi connectivity index (χ1v) is 8.36. The summed E-state index contributed by atoms with van der Waals surface area (Å²) in [7, 11) is 1.36. The number of ether oxygens (including phenoxy) is 1. The Kier molecular flexibility index (Phi) is 4.66. The van der Waals surface area contributed by atoms with Crippen molar-refractivity contribution >= 4 is 23.4 Å². The van der Waals surface area contributed by atoms with E-state index in [4.69, 9.17) is 4.74 Å². The highest BCUT2D eigenvalue weighted by Gasteiger charge is 2.23. The molecule has 1 unspecified atom stereocenters. The molecule has 1 fully saturated rings. The van der Waals surface area contributed by atoms with Gasteiger partial charge in [-0.15, -0.1) is 0 Å². The van der Waals surface area contributed by atoms with Gasteiger partial charge in [0.1, 0.15) is 5.65 Å². The number of esters is 1. The highest BCUT2D eigenvalue weighted by atomic mass is 32.2. The van der Waals surface area contributed by atoms with Crippen molar-refractivity contribution in [3.05, 3.63) is 35.8 Å². The van der Waals surface area contributed by atoms with E-state index in [1.165, 1.54) is 7.11 Å². The Morgan fingerprint density at radius 1 is 1.59 bits per heavy atom. The van der Waals surface area contributed by atoms with Crippen molar-refractivity contribution in [3.8, 4) is 0 Å². The van der Waals surface area contributed by atoms with Crippen LogP contribution in [0.25, 0.3) is 5.65 Å². The summed E-state index contributed by atoms with van der Waals surface area (Å²) in [4.78, 5) is 18.4. The van der Waals surface area contributed by atoms with Crippen molar-refractivity contribution < 1.29 is 14.6 Å². The Bertz CT molecular complexity index is 673. The molecule has 0 aromatic carbocycles. The van der Waals surface area contributed by atoms with Gasteiger partial charge in [0.25, 0.3) is 0 Å². The standard InChI is InChI=1S/C15H19N3O3S/c1-21-15(20)13-7-16-14-11(3-2-4-18(13)14)8-17-5-6-22-10-12(17)9-19/h2-4,7,12,19H,5-6,8-10H2,1H3. The van der Waals surface area contributed by atoms with Gasteiger partial charge in [-0.25, -0.2) is 9.78 Å². The number of carbonyl (C=O) groups is 1. The lowest BCUT2D eigenvalue weighted by atomic mass is 10.2. The van der Waals surface area contributed by atoms with Gasteiger partial charge in [0.05, 0.1) is 19.9 Å². The van der Waals surface area contributed by atoms with E-state index in [1.807, 2.05) is 30.1 Å². The van der Waals surface area contributed by atoms with Gasteiger partial charge in [-0.05, 0) is 6.07 Å². The molecule has 3 rings (SSSR count). The van der Waals surface area contributed by atoms with E-state index in [9.17, 15) is 9.90 Å².